The van der Waals surface area contributed by atoms with Gasteiger partial charge in [0.25, 0.3) is 0 Å². The van der Waals surface area contributed by atoms with Gasteiger partial charge in [0, 0.05) is 43.7 Å². The second kappa shape index (κ2) is 11.0. The molecule has 1 saturated heterocycles. The van der Waals surface area contributed by atoms with E-state index in [2.05, 4.69) is 0 Å². The van der Waals surface area contributed by atoms with E-state index >= 15 is 0 Å². The number of hydrogen-bond acceptors (Lipinski definition) is 10. The molecule has 1 aromatic carbocycles. The Hall–Kier alpha value is -3.29. The summed E-state index contributed by atoms with van der Waals surface area (Å²) in [6.45, 7) is 0.981. The number of aliphatic hydroxyl groups is 1. The van der Waals surface area contributed by atoms with Crippen LogP contribution in [0.3, 0.4) is 0 Å². The van der Waals surface area contributed by atoms with Crippen molar-refractivity contribution in [1.82, 2.24) is 9.80 Å². The molecule has 234 valence electrons. The number of phenols is 1. The van der Waals surface area contributed by atoms with Crippen molar-refractivity contribution >= 4 is 34.7 Å². The minimum absolute atomic E-state index is 0.0294. The summed E-state index contributed by atoms with van der Waals surface area (Å²) in [6, 6.07) is 0.593. The lowest BCUT2D eigenvalue weighted by atomic mass is 9.52. The first kappa shape index (κ1) is 31.1. The van der Waals surface area contributed by atoms with Crippen LogP contribution in [0.4, 0.5) is 14.5 Å². The Kier molecular flexibility index (Phi) is 7.97. The van der Waals surface area contributed by atoms with Crippen LogP contribution >= 0.6 is 0 Å². The van der Waals surface area contributed by atoms with Crippen molar-refractivity contribution in [3.05, 3.63) is 22.8 Å². The number of likely N-dealkylation sites (tertiary alicyclic amines) is 1. The van der Waals surface area contributed by atoms with Crippen molar-refractivity contribution in [3.8, 4) is 5.75 Å². The number of phenolic OH excluding ortho intramolecular Hbond substituents is 1. The van der Waals surface area contributed by atoms with E-state index in [1.165, 1.54) is 19.0 Å². The summed E-state index contributed by atoms with van der Waals surface area (Å²) in [5, 5.41) is 23.2. The van der Waals surface area contributed by atoms with Gasteiger partial charge in [0.05, 0.1) is 17.5 Å². The predicted octanol–water partition coefficient (Wildman–Crippen LogP) is 0.410. The monoisotopic (exact) mass is 604 g/mol. The number of ketones is 4. The maximum Gasteiger partial charge on any atom is 0.241 e. The Morgan fingerprint density at radius 1 is 1.12 bits per heavy atom. The molecule has 0 bridgehead atoms. The quantitative estimate of drug-likeness (QED) is 0.388. The van der Waals surface area contributed by atoms with Crippen molar-refractivity contribution < 1.29 is 43.0 Å². The molecule has 6 atom stereocenters. The fourth-order valence-electron chi connectivity index (χ4n) is 7.83. The molecule has 13 heteroatoms. The third kappa shape index (κ3) is 4.76. The number of carbonyl (C=O) groups is 5. The number of fused-ring (bicyclic) bond motifs is 3. The van der Waals surface area contributed by atoms with E-state index in [4.69, 9.17) is 5.73 Å². The molecule has 1 aromatic rings. The first-order valence-electron chi connectivity index (χ1n) is 14.5. The van der Waals surface area contributed by atoms with E-state index < -0.39 is 76.7 Å². The number of halogens is 2. The standard InChI is InChI=1S/C30H38F2N4O7/c1-34(2)18-11-15(12-36-7-5-13(6-8-36)28(31)32)23(37)20-16(18)9-14-10-17-22(35(3)4)25(39)21(29(33)42)27(41)30(17,43)26(40)19(14)24(20)38/h11,13-14,17,19,21-22,28,37,43H,5-10,12H2,1-4H3,(H2,33,42)/t14-,17-,19?,21?,22-,30-/m0/s1. The average molecular weight is 605 g/mol. The van der Waals surface area contributed by atoms with Gasteiger partial charge in [-0.1, -0.05) is 0 Å². The zero-order chi connectivity index (χ0) is 31.7. The molecule has 0 spiro atoms. The van der Waals surface area contributed by atoms with Crippen LogP contribution in [0.15, 0.2) is 6.07 Å². The zero-order valence-corrected chi connectivity index (χ0v) is 24.7. The number of aromatic hydroxyl groups is 1. The van der Waals surface area contributed by atoms with Gasteiger partial charge in [-0.15, -0.1) is 0 Å². The van der Waals surface area contributed by atoms with Crippen molar-refractivity contribution in [2.24, 2.45) is 35.3 Å². The molecule has 1 amide bonds. The Morgan fingerprint density at radius 3 is 2.28 bits per heavy atom. The molecular formula is C30H38F2N4O7. The number of rotatable bonds is 6. The van der Waals surface area contributed by atoms with Crippen molar-refractivity contribution in [3.63, 3.8) is 0 Å². The highest BCUT2D eigenvalue weighted by molar-refractivity contribution is 6.32. The SMILES string of the molecule is CN(C)c1cc(CN2CCC(C(F)F)CC2)c(O)c2c1C[C@H]1C[C@H]3[C@H](N(C)C)C(=O)C(C(N)=O)C(=O)[C@@]3(O)C(=O)C1C2=O. The molecule has 1 heterocycles. The molecule has 0 radical (unpaired) electrons. The minimum atomic E-state index is -2.79. The average Bonchev–Trinajstić information content (AvgIpc) is 2.92. The summed E-state index contributed by atoms with van der Waals surface area (Å²) in [5.74, 6) is -11.6. The van der Waals surface area contributed by atoms with Crippen LogP contribution in [0.2, 0.25) is 0 Å². The number of nitrogens with two attached hydrogens (primary N) is 1. The lowest BCUT2D eigenvalue weighted by Crippen LogP contribution is -2.74. The molecule has 4 aliphatic rings. The van der Waals surface area contributed by atoms with Gasteiger partial charge < -0.3 is 20.8 Å². The van der Waals surface area contributed by atoms with Gasteiger partial charge in [-0.3, -0.25) is 33.8 Å². The number of amides is 1. The Bertz CT molecular complexity index is 1390. The van der Waals surface area contributed by atoms with Gasteiger partial charge in [-0.05, 0) is 70.4 Å². The highest BCUT2D eigenvalue weighted by Gasteiger charge is 2.69. The van der Waals surface area contributed by atoms with E-state index in [0.29, 0.717) is 42.7 Å². The number of anilines is 1. The summed E-state index contributed by atoms with van der Waals surface area (Å²) in [6.07, 6.45) is -1.66. The number of Topliss-reactive ketones (excluding diaryl/α,β-unsaturated/α-hetero) is 4. The van der Waals surface area contributed by atoms with Crippen LogP contribution in [0.25, 0.3) is 0 Å². The maximum atomic E-state index is 14.2. The van der Waals surface area contributed by atoms with Gasteiger partial charge in [-0.25, -0.2) is 8.78 Å². The van der Waals surface area contributed by atoms with Gasteiger partial charge in [-0.2, -0.15) is 0 Å². The van der Waals surface area contributed by atoms with Crippen LogP contribution in [0, 0.1) is 29.6 Å². The zero-order valence-electron chi connectivity index (χ0n) is 24.7. The fourth-order valence-corrected chi connectivity index (χ4v) is 7.83. The van der Waals surface area contributed by atoms with E-state index in [-0.39, 0.29) is 30.7 Å². The first-order valence-corrected chi connectivity index (χ1v) is 14.5. The molecule has 11 nitrogen and oxygen atoms in total. The Labute approximate surface area is 248 Å². The molecule has 5 rings (SSSR count). The van der Waals surface area contributed by atoms with E-state index in [1.54, 1.807) is 25.1 Å². The molecule has 1 aliphatic heterocycles. The Balaban J connectivity index is 1.55. The van der Waals surface area contributed by atoms with Crippen LogP contribution in [-0.4, -0.2) is 108 Å². The number of likely N-dealkylation sites (N-methyl/N-ethyl adjacent to an activating group) is 1. The molecule has 3 fully saturated rings. The maximum absolute atomic E-state index is 14.2. The summed E-state index contributed by atoms with van der Waals surface area (Å²) < 4.78 is 26.3. The normalized spacial score (nSPS) is 31.7. The second-order valence-corrected chi connectivity index (χ2v) is 12.9. The highest BCUT2D eigenvalue weighted by atomic mass is 19.3. The third-order valence-corrected chi connectivity index (χ3v) is 9.98. The van der Waals surface area contributed by atoms with Gasteiger partial charge in [0.15, 0.2) is 34.7 Å². The fraction of sp³-hybridized carbons (Fsp3) is 0.633. The van der Waals surface area contributed by atoms with Gasteiger partial charge >= 0.3 is 0 Å². The third-order valence-electron chi connectivity index (χ3n) is 9.98. The minimum Gasteiger partial charge on any atom is -0.507 e. The van der Waals surface area contributed by atoms with E-state index in [0.717, 1.165) is 0 Å². The molecule has 2 unspecified atom stereocenters. The first-order chi connectivity index (χ1) is 20.1. The highest BCUT2D eigenvalue weighted by Crippen LogP contribution is 2.52. The molecule has 2 saturated carbocycles. The second-order valence-electron chi connectivity index (χ2n) is 12.9. The van der Waals surface area contributed by atoms with Crippen LogP contribution in [0.5, 0.6) is 5.75 Å². The predicted molar refractivity (Wildman–Crippen MR) is 150 cm³/mol. The number of piperidine rings is 1. The Morgan fingerprint density at radius 2 is 1.74 bits per heavy atom. The molecule has 4 N–H and O–H groups in total. The number of nitrogens with zero attached hydrogens (tertiary/aromatic N) is 3. The van der Waals surface area contributed by atoms with Crippen molar-refractivity contribution in [2.45, 2.75) is 50.3 Å². The van der Waals surface area contributed by atoms with Crippen molar-refractivity contribution in [2.75, 3.05) is 46.2 Å². The molecule has 43 heavy (non-hydrogen) atoms. The number of benzene rings is 1. The number of alkyl halides is 2. The van der Waals surface area contributed by atoms with Gasteiger partial charge in [0.2, 0.25) is 12.3 Å². The summed E-state index contributed by atoms with van der Waals surface area (Å²) in [4.78, 5) is 72.3. The summed E-state index contributed by atoms with van der Waals surface area (Å²) in [7, 11) is 6.62. The van der Waals surface area contributed by atoms with Gasteiger partial charge in [0.1, 0.15) is 5.75 Å². The number of carbonyl (C=O) groups excluding carboxylic acids is 5. The lowest BCUT2D eigenvalue weighted by Gasteiger charge is -2.52. The number of primary amides is 1. The molecule has 0 aromatic heterocycles. The van der Waals surface area contributed by atoms with Crippen LogP contribution in [-0.2, 0) is 32.1 Å². The largest absolute Gasteiger partial charge is 0.507 e. The van der Waals surface area contributed by atoms with Crippen molar-refractivity contribution in [1.29, 1.82) is 0 Å². The number of hydrogen-bond donors (Lipinski definition) is 3. The van der Waals surface area contributed by atoms with Crippen LogP contribution < -0.4 is 10.6 Å². The lowest BCUT2D eigenvalue weighted by molar-refractivity contribution is -0.181. The topological polar surface area (TPSA) is 162 Å². The summed E-state index contributed by atoms with van der Waals surface area (Å²) in [5.41, 5.74) is 4.05. The molecular weight excluding hydrogens is 566 g/mol. The van der Waals surface area contributed by atoms with Crippen LogP contribution in [0.1, 0.15) is 40.7 Å². The van der Waals surface area contributed by atoms with E-state index in [1.807, 2.05) is 4.90 Å². The molecule has 3 aliphatic carbocycles. The smallest absolute Gasteiger partial charge is 0.241 e. The van der Waals surface area contributed by atoms with E-state index in [9.17, 15) is 43.0 Å². The summed E-state index contributed by atoms with van der Waals surface area (Å²) >= 11 is 0.